The first-order valence-electron chi connectivity index (χ1n) is 3.24. The van der Waals surface area contributed by atoms with Gasteiger partial charge in [0, 0.05) is 13.0 Å². The monoisotopic (exact) mass is 156 g/mol. The number of hydrogen-bond acceptors (Lipinski definition) is 1. The van der Waals surface area contributed by atoms with Gasteiger partial charge in [-0.2, -0.15) is 13.2 Å². The first kappa shape index (κ1) is 9.75. The molecule has 0 saturated carbocycles. The Morgan fingerprint density at radius 1 is 1.00 bits per heavy atom. The summed E-state index contributed by atoms with van der Waals surface area (Å²) in [6.45, 7) is -0.0160. The Hall–Kier alpha value is -0.250. The molecule has 62 valence electrons. The van der Waals surface area contributed by atoms with Crippen molar-refractivity contribution in [1.82, 2.24) is 0 Å². The molecule has 4 heteroatoms. The maximum absolute atomic E-state index is 11.4. The Labute approximate surface area is 57.9 Å². The van der Waals surface area contributed by atoms with Gasteiger partial charge < -0.3 is 5.11 Å². The second kappa shape index (κ2) is 4.55. The Kier molecular flexibility index (Phi) is 4.43. The van der Waals surface area contributed by atoms with E-state index in [0.717, 1.165) is 0 Å². The molecule has 0 aliphatic heterocycles. The second-order valence-corrected chi connectivity index (χ2v) is 2.15. The van der Waals surface area contributed by atoms with Gasteiger partial charge >= 0.3 is 6.18 Å². The van der Waals surface area contributed by atoms with E-state index in [2.05, 4.69) is 0 Å². The summed E-state index contributed by atoms with van der Waals surface area (Å²) in [6.07, 6.45) is -3.71. The van der Waals surface area contributed by atoms with Gasteiger partial charge in [-0.15, -0.1) is 0 Å². The molecule has 0 aromatic heterocycles. The summed E-state index contributed by atoms with van der Waals surface area (Å²) < 4.78 is 34.3. The average Bonchev–Trinajstić information content (AvgIpc) is 1.78. The maximum atomic E-state index is 11.4. The van der Waals surface area contributed by atoms with Gasteiger partial charge in [0.2, 0.25) is 0 Å². The van der Waals surface area contributed by atoms with Crippen LogP contribution in [0.1, 0.15) is 25.7 Å². The molecule has 0 unspecified atom stereocenters. The molecule has 0 amide bonds. The molecule has 10 heavy (non-hydrogen) atoms. The lowest BCUT2D eigenvalue weighted by molar-refractivity contribution is -0.135. The number of hydrogen-bond donors (Lipinski definition) is 1. The lowest BCUT2D eigenvalue weighted by Crippen LogP contribution is -2.06. The van der Waals surface area contributed by atoms with Gasteiger partial charge in [-0.1, -0.05) is 6.42 Å². The summed E-state index contributed by atoms with van der Waals surface area (Å²) in [5.74, 6) is 0. The standard InChI is InChI=1S/C6H11F3O/c7-6(8,9)4-2-1-3-5-10/h10H,1-5H2. The van der Waals surface area contributed by atoms with Crippen LogP contribution in [0.5, 0.6) is 0 Å². The van der Waals surface area contributed by atoms with Crippen LogP contribution in [0.15, 0.2) is 0 Å². The molecular formula is C6H11F3O. The predicted molar refractivity (Wildman–Crippen MR) is 31.6 cm³/mol. The van der Waals surface area contributed by atoms with Crippen molar-refractivity contribution in [2.45, 2.75) is 31.9 Å². The third-order valence-corrected chi connectivity index (χ3v) is 1.12. The molecular weight excluding hydrogens is 145 g/mol. The van der Waals surface area contributed by atoms with Crippen LogP contribution in [0.2, 0.25) is 0 Å². The number of alkyl halides is 3. The highest BCUT2D eigenvalue weighted by molar-refractivity contribution is 4.50. The van der Waals surface area contributed by atoms with E-state index in [9.17, 15) is 13.2 Å². The zero-order chi connectivity index (χ0) is 8.04. The van der Waals surface area contributed by atoms with E-state index >= 15 is 0 Å². The van der Waals surface area contributed by atoms with E-state index in [4.69, 9.17) is 5.11 Å². The summed E-state index contributed by atoms with van der Waals surface area (Å²) in [7, 11) is 0. The number of rotatable bonds is 4. The summed E-state index contributed by atoms with van der Waals surface area (Å²) in [5, 5.41) is 8.21. The number of halogens is 3. The van der Waals surface area contributed by atoms with E-state index < -0.39 is 12.6 Å². The van der Waals surface area contributed by atoms with Gasteiger partial charge in [0.15, 0.2) is 0 Å². The number of unbranched alkanes of at least 4 members (excludes halogenated alkanes) is 2. The molecule has 0 aromatic carbocycles. The summed E-state index contributed by atoms with van der Waals surface area (Å²) >= 11 is 0. The highest BCUT2D eigenvalue weighted by Gasteiger charge is 2.25. The van der Waals surface area contributed by atoms with Crippen LogP contribution in [-0.4, -0.2) is 17.9 Å². The summed E-state index contributed by atoms with van der Waals surface area (Å²) in [5.41, 5.74) is 0. The molecule has 0 aliphatic carbocycles. The minimum Gasteiger partial charge on any atom is -0.396 e. The topological polar surface area (TPSA) is 20.2 Å². The van der Waals surface area contributed by atoms with Crippen LogP contribution >= 0.6 is 0 Å². The molecule has 1 nitrogen and oxygen atoms in total. The second-order valence-electron chi connectivity index (χ2n) is 2.15. The number of aliphatic hydroxyl groups is 1. The van der Waals surface area contributed by atoms with Gasteiger partial charge in [-0.25, -0.2) is 0 Å². The SMILES string of the molecule is OCCCCCC(F)(F)F. The van der Waals surface area contributed by atoms with Crippen molar-refractivity contribution < 1.29 is 18.3 Å². The molecule has 0 spiro atoms. The zero-order valence-electron chi connectivity index (χ0n) is 5.62. The average molecular weight is 156 g/mol. The van der Waals surface area contributed by atoms with Crippen LogP contribution in [-0.2, 0) is 0 Å². The van der Waals surface area contributed by atoms with Crippen molar-refractivity contribution in [3.8, 4) is 0 Å². The fourth-order valence-electron chi connectivity index (χ4n) is 0.614. The fourth-order valence-corrected chi connectivity index (χ4v) is 0.614. The van der Waals surface area contributed by atoms with Crippen molar-refractivity contribution in [2.75, 3.05) is 6.61 Å². The molecule has 1 N–H and O–H groups in total. The summed E-state index contributed by atoms with van der Waals surface area (Å²) in [6, 6.07) is 0. The molecule has 0 aromatic rings. The Bertz CT molecular complexity index is 79.6. The Balaban J connectivity index is 3.04. The van der Waals surface area contributed by atoms with Crippen molar-refractivity contribution in [3.63, 3.8) is 0 Å². The van der Waals surface area contributed by atoms with Gasteiger partial charge in [-0.05, 0) is 12.8 Å². The van der Waals surface area contributed by atoms with Crippen LogP contribution in [0, 0.1) is 0 Å². The fraction of sp³-hybridized carbons (Fsp3) is 1.00. The van der Waals surface area contributed by atoms with Crippen molar-refractivity contribution in [2.24, 2.45) is 0 Å². The molecule has 0 bridgehead atoms. The van der Waals surface area contributed by atoms with Crippen LogP contribution < -0.4 is 0 Å². The van der Waals surface area contributed by atoms with Gasteiger partial charge in [0.25, 0.3) is 0 Å². The third-order valence-electron chi connectivity index (χ3n) is 1.12. The van der Waals surface area contributed by atoms with Gasteiger partial charge in [0.05, 0.1) is 0 Å². The quantitative estimate of drug-likeness (QED) is 0.618. The highest BCUT2D eigenvalue weighted by atomic mass is 19.4. The molecule has 0 saturated heterocycles. The number of aliphatic hydroxyl groups excluding tert-OH is 1. The van der Waals surface area contributed by atoms with Crippen LogP contribution in [0.3, 0.4) is 0 Å². The molecule has 0 aliphatic rings. The Morgan fingerprint density at radius 2 is 1.60 bits per heavy atom. The van der Waals surface area contributed by atoms with E-state index in [1.807, 2.05) is 0 Å². The molecule has 0 atom stereocenters. The lowest BCUT2D eigenvalue weighted by atomic mass is 10.2. The first-order valence-corrected chi connectivity index (χ1v) is 3.24. The molecule has 0 radical (unpaired) electrons. The van der Waals surface area contributed by atoms with E-state index in [1.165, 1.54) is 0 Å². The summed E-state index contributed by atoms with van der Waals surface area (Å²) in [4.78, 5) is 0. The Morgan fingerprint density at radius 3 is 2.00 bits per heavy atom. The predicted octanol–water partition coefficient (Wildman–Crippen LogP) is 2.10. The molecule has 0 heterocycles. The zero-order valence-corrected chi connectivity index (χ0v) is 5.62. The lowest BCUT2D eigenvalue weighted by Gasteiger charge is -2.03. The van der Waals surface area contributed by atoms with Gasteiger partial charge in [-0.3, -0.25) is 0 Å². The molecule has 0 fully saturated rings. The highest BCUT2D eigenvalue weighted by Crippen LogP contribution is 2.22. The van der Waals surface area contributed by atoms with Crippen molar-refractivity contribution in [1.29, 1.82) is 0 Å². The molecule has 0 rings (SSSR count). The van der Waals surface area contributed by atoms with E-state index in [0.29, 0.717) is 12.8 Å². The van der Waals surface area contributed by atoms with E-state index in [1.54, 1.807) is 0 Å². The third kappa shape index (κ3) is 7.75. The van der Waals surface area contributed by atoms with E-state index in [-0.39, 0.29) is 13.0 Å². The normalized spacial score (nSPS) is 12.0. The van der Waals surface area contributed by atoms with Crippen molar-refractivity contribution >= 4 is 0 Å². The van der Waals surface area contributed by atoms with Crippen LogP contribution in [0.4, 0.5) is 13.2 Å². The first-order chi connectivity index (χ1) is 4.56. The minimum atomic E-state index is -4.03. The maximum Gasteiger partial charge on any atom is 0.389 e. The minimum absolute atomic E-state index is 0.0160. The van der Waals surface area contributed by atoms with Crippen molar-refractivity contribution in [3.05, 3.63) is 0 Å². The van der Waals surface area contributed by atoms with Crippen LogP contribution in [0.25, 0.3) is 0 Å². The largest absolute Gasteiger partial charge is 0.396 e. The van der Waals surface area contributed by atoms with Gasteiger partial charge in [0.1, 0.15) is 0 Å². The smallest absolute Gasteiger partial charge is 0.389 e.